The highest BCUT2D eigenvalue weighted by Crippen LogP contribution is 2.76. The number of allylic oxidation sites excluding steroid dienone is 2. The smallest absolute Gasteiger partial charge is 0.312 e. The molecule has 0 bridgehead atoms. The summed E-state index contributed by atoms with van der Waals surface area (Å²) in [6.07, 6.45) is -20.5. The number of aliphatic carboxylic acids is 1. The average Bonchev–Trinajstić information content (AvgIpc) is 3.31. The van der Waals surface area contributed by atoms with Crippen molar-refractivity contribution in [3.63, 3.8) is 0 Å². The van der Waals surface area contributed by atoms with Crippen molar-refractivity contribution in [2.24, 2.45) is 50.2 Å². The highest BCUT2D eigenvalue weighted by molar-refractivity contribution is 5.77. The van der Waals surface area contributed by atoms with Gasteiger partial charge in [-0.2, -0.15) is 0 Å². The molecule has 9 rings (SSSR count). The van der Waals surface area contributed by atoms with Gasteiger partial charge in [0.15, 0.2) is 25.2 Å². The fourth-order valence-corrected chi connectivity index (χ4v) is 15.9. The summed E-state index contributed by atoms with van der Waals surface area (Å²) < 4.78 is 47.9. The van der Waals surface area contributed by atoms with Gasteiger partial charge in [-0.15, -0.1) is 0 Å². The zero-order chi connectivity index (χ0) is 52.4. The summed E-state index contributed by atoms with van der Waals surface area (Å²) in [6.45, 7) is 13.8. The lowest BCUT2D eigenvalue weighted by atomic mass is 9.33. The van der Waals surface area contributed by atoms with Crippen molar-refractivity contribution in [1.29, 1.82) is 0 Å². The van der Waals surface area contributed by atoms with Crippen LogP contribution in [0.4, 0.5) is 0 Å². The molecule has 26 atom stereocenters. The maximum absolute atomic E-state index is 13.2. The summed E-state index contributed by atoms with van der Waals surface area (Å²) >= 11 is 0. The van der Waals surface area contributed by atoms with Gasteiger partial charge in [0.2, 0.25) is 0 Å². The predicted molar refractivity (Wildman–Crippen MR) is 247 cm³/mol. The fourth-order valence-electron chi connectivity index (χ4n) is 15.9. The first-order valence-electron chi connectivity index (χ1n) is 26.1. The first-order chi connectivity index (χ1) is 33.7. The molecule has 0 aromatic carbocycles. The van der Waals surface area contributed by atoms with Crippen LogP contribution in [0.3, 0.4) is 0 Å². The lowest BCUT2D eigenvalue weighted by Crippen LogP contribution is -2.68. The number of carbonyl (C=O) groups is 1. The third kappa shape index (κ3) is 8.77. The minimum Gasteiger partial charge on any atom is -0.481 e. The van der Waals surface area contributed by atoms with Crippen LogP contribution in [0.1, 0.15) is 106 Å². The number of carboxylic acids is 1. The Kier molecular flexibility index (Phi) is 15.1. The van der Waals surface area contributed by atoms with Gasteiger partial charge >= 0.3 is 5.97 Å². The molecule has 5 aliphatic carbocycles. The van der Waals surface area contributed by atoms with Gasteiger partial charge in [-0.25, -0.2) is 0 Å². The van der Waals surface area contributed by atoms with Crippen molar-refractivity contribution in [2.45, 2.75) is 223 Å². The zero-order valence-corrected chi connectivity index (χ0v) is 42.5. The number of fused-ring (bicyclic) bond motifs is 7. The Morgan fingerprint density at radius 2 is 1.19 bits per heavy atom. The zero-order valence-electron chi connectivity index (χ0n) is 42.5. The number of ether oxygens (including phenoxy) is 8. The summed E-state index contributed by atoms with van der Waals surface area (Å²) in [7, 11) is 0. The number of aliphatic hydroxyl groups excluding tert-OH is 11. The van der Waals surface area contributed by atoms with Crippen molar-refractivity contribution in [3.8, 4) is 0 Å². The Hall–Kier alpha value is -1.55. The van der Waals surface area contributed by atoms with Gasteiger partial charge in [0.05, 0.1) is 38.6 Å². The lowest BCUT2D eigenvalue weighted by molar-refractivity contribution is -0.385. The monoisotopic (exact) mass is 1030 g/mol. The molecule has 21 heteroatoms. The highest BCUT2D eigenvalue weighted by atomic mass is 16.8. The van der Waals surface area contributed by atoms with E-state index in [1.165, 1.54) is 5.57 Å². The first kappa shape index (κ1) is 55.2. The number of rotatable bonds is 10. The second-order valence-electron chi connectivity index (χ2n) is 25.0. The molecule has 9 aliphatic rings. The summed E-state index contributed by atoms with van der Waals surface area (Å²) in [5.74, 6) is -0.803. The molecule has 4 saturated heterocycles. The topological polar surface area (TPSA) is 334 Å². The lowest BCUT2D eigenvalue weighted by Gasteiger charge is -2.71. The molecule has 0 spiro atoms. The Balaban J connectivity index is 0.915. The molecule has 412 valence electrons. The van der Waals surface area contributed by atoms with Crippen molar-refractivity contribution in [1.82, 2.24) is 0 Å². The largest absolute Gasteiger partial charge is 0.481 e. The number of hydrogen-bond donors (Lipinski definition) is 12. The Labute approximate surface area is 420 Å². The maximum atomic E-state index is 13.2. The van der Waals surface area contributed by atoms with Crippen molar-refractivity contribution >= 4 is 5.97 Å². The van der Waals surface area contributed by atoms with Gasteiger partial charge in [-0.3, -0.25) is 4.79 Å². The van der Waals surface area contributed by atoms with Gasteiger partial charge in [-0.05, 0) is 103 Å². The van der Waals surface area contributed by atoms with Crippen LogP contribution < -0.4 is 0 Å². The van der Waals surface area contributed by atoms with E-state index in [0.29, 0.717) is 25.7 Å². The molecule has 4 heterocycles. The van der Waals surface area contributed by atoms with Crippen LogP contribution in [0.5, 0.6) is 0 Å². The molecule has 0 amide bonds. The minimum atomic E-state index is -1.89. The van der Waals surface area contributed by atoms with E-state index in [9.17, 15) is 66.1 Å². The first-order valence-corrected chi connectivity index (χ1v) is 26.1. The van der Waals surface area contributed by atoms with Crippen LogP contribution in [0.25, 0.3) is 0 Å². The fraction of sp³-hybridized carbons (Fsp3) is 0.941. The third-order valence-corrected chi connectivity index (χ3v) is 20.3. The van der Waals surface area contributed by atoms with Gasteiger partial charge in [0.25, 0.3) is 0 Å². The molecular formula is C51H82O21. The molecule has 4 saturated carbocycles. The van der Waals surface area contributed by atoms with Gasteiger partial charge < -0.3 is 99.2 Å². The number of hydrogen-bond acceptors (Lipinski definition) is 20. The second-order valence-corrected chi connectivity index (χ2v) is 25.0. The minimum absolute atomic E-state index is 0.0569. The summed E-state index contributed by atoms with van der Waals surface area (Å²) in [6, 6.07) is 0. The van der Waals surface area contributed by atoms with Crippen LogP contribution in [0.15, 0.2) is 11.6 Å². The SMILES string of the molecule is CC1(C)CC[C@]2(C(=O)O)[C@H](O)C[C@]3(C)C(=CC[C@@H]4[C@@]5(C)CC[C@H](O[C@@H]6OC[C@H](O)[C@@H](O)[C@H]6O[C@@H]6OC[C@@H](O)[C@@H](O)[C@H]6O[C@H]6OC[C@@H](O)[C@@H](O[C@@H]7O[C@H](CO)[C@@H](O)[C@H](O)[C@H]7O)[C@H]6O)C(C)(C)[C@@H]5CC[C@]43C)[C@@H]2C1. The Morgan fingerprint density at radius 1 is 0.611 bits per heavy atom. The van der Waals surface area contributed by atoms with E-state index in [1.54, 1.807) is 0 Å². The molecule has 0 radical (unpaired) electrons. The third-order valence-electron chi connectivity index (χ3n) is 20.3. The normalized spacial score (nSPS) is 54.3. The van der Waals surface area contributed by atoms with Crippen molar-refractivity contribution < 1.29 is 104 Å². The average molecular weight is 1030 g/mol. The van der Waals surface area contributed by atoms with Crippen LogP contribution >= 0.6 is 0 Å². The quantitative estimate of drug-likeness (QED) is 0.0962. The van der Waals surface area contributed by atoms with Crippen LogP contribution in [-0.4, -0.2) is 210 Å². The maximum Gasteiger partial charge on any atom is 0.312 e. The Morgan fingerprint density at radius 3 is 1.82 bits per heavy atom. The van der Waals surface area contributed by atoms with Gasteiger partial charge in [0.1, 0.15) is 84.8 Å². The molecule has 72 heavy (non-hydrogen) atoms. The number of carboxylic acid groups (broad SMARTS) is 1. The van der Waals surface area contributed by atoms with Crippen LogP contribution in [0.2, 0.25) is 0 Å². The molecule has 4 aliphatic heterocycles. The van der Waals surface area contributed by atoms with E-state index >= 15 is 0 Å². The summed E-state index contributed by atoms with van der Waals surface area (Å²) in [5.41, 5.74) is -1.37. The van der Waals surface area contributed by atoms with E-state index in [4.69, 9.17) is 37.9 Å². The summed E-state index contributed by atoms with van der Waals surface area (Å²) in [5, 5.41) is 130. The van der Waals surface area contributed by atoms with E-state index < -0.39 is 159 Å². The van der Waals surface area contributed by atoms with Gasteiger partial charge in [-0.1, -0.05) is 60.1 Å². The predicted octanol–water partition coefficient (Wildman–Crippen LogP) is -0.581. The van der Waals surface area contributed by atoms with Crippen molar-refractivity contribution in [3.05, 3.63) is 11.6 Å². The van der Waals surface area contributed by atoms with Crippen molar-refractivity contribution in [2.75, 3.05) is 26.4 Å². The molecule has 0 aromatic heterocycles. The molecule has 8 fully saturated rings. The highest BCUT2D eigenvalue weighted by Gasteiger charge is 2.71. The van der Waals surface area contributed by atoms with E-state index in [2.05, 4.69) is 54.5 Å². The molecular weight excluding hydrogens is 949 g/mol. The number of aliphatic hydroxyl groups is 11. The molecule has 21 nitrogen and oxygen atoms in total. The van der Waals surface area contributed by atoms with Crippen LogP contribution in [0, 0.1) is 50.2 Å². The molecule has 0 aromatic rings. The summed E-state index contributed by atoms with van der Waals surface area (Å²) in [4.78, 5) is 13.2. The van der Waals surface area contributed by atoms with E-state index in [0.717, 1.165) is 32.1 Å². The Bertz CT molecular complexity index is 1990. The van der Waals surface area contributed by atoms with E-state index in [-0.39, 0.29) is 40.6 Å². The second kappa shape index (κ2) is 19.7. The molecule has 12 N–H and O–H groups in total. The standard InChI is InChI=1S/C51H82O21/c1-46(2)14-15-51(45(63)64)23(16-46)22-8-9-29-48(5)12-11-31(47(3,4)28(48)10-13-49(29,6)50(22,7)17-30(51)56)69-43-39(32(57)24(53)19-66-43)72-44-40(33(58)25(54)20-67-44)71-41-37(62)38(26(55)21-65-41)70-42-36(61)35(60)34(59)27(18-52)68-42/h8,23-44,52-62H,9-21H2,1-7H3,(H,63,64)/t23-,24-,25+,26+,27+,28-,29+,30+,31-,32+,33+,34+,35-,36+,37+,38+,39+,40+,41+,42-,43-,44-,48-,49+,50+,51+/m0/s1. The molecule has 0 unspecified atom stereocenters. The van der Waals surface area contributed by atoms with Crippen LogP contribution in [-0.2, 0) is 42.7 Å². The van der Waals surface area contributed by atoms with Gasteiger partial charge in [0, 0.05) is 0 Å². The van der Waals surface area contributed by atoms with E-state index in [1.807, 2.05) is 0 Å².